The minimum absolute atomic E-state index is 0.119. The van der Waals surface area contributed by atoms with Crippen molar-refractivity contribution in [3.8, 4) is 0 Å². The Labute approximate surface area is 142 Å². The summed E-state index contributed by atoms with van der Waals surface area (Å²) in [6.45, 7) is 3.92. The Kier molecular flexibility index (Phi) is 4.58. The van der Waals surface area contributed by atoms with Crippen molar-refractivity contribution < 1.29 is 4.74 Å². The Morgan fingerprint density at radius 2 is 2.08 bits per heavy atom. The molecule has 6 heteroatoms. The lowest BCUT2D eigenvalue weighted by molar-refractivity contribution is 0.180. The third-order valence-corrected chi connectivity index (χ3v) is 5.04. The summed E-state index contributed by atoms with van der Waals surface area (Å²) in [5.41, 5.74) is 1.32. The van der Waals surface area contributed by atoms with Gasteiger partial charge in [0.2, 0.25) is 0 Å². The molecule has 1 aromatic heterocycles. The highest BCUT2D eigenvalue weighted by molar-refractivity contribution is 5.19. The molecule has 24 heavy (non-hydrogen) atoms. The second-order valence-corrected chi connectivity index (χ2v) is 7.03. The third kappa shape index (κ3) is 3.49. The number of nitrogens with one attached hydrogen (secondary N) is 1. The highest BCUT2D eigenvalue weighted by atomic mass is 16.5. The molecular weight excluding hydrogens is 302 g/mol. The van der Waals surface area contributed by atoms with Crippen molar-refractivity contribution in [3.63, 3.8) is 0 Å². The highest BCUT2D eigenvalue weighted by Gasteiger charge is 2.31. The van der Waals surface area contributed by atoms with Crippen LogP contribution >= 0.6 is 0 Å². The van der Waals surface area contributed by atoms with Crippen LogP contribution in [0.15, 0.2) is 30.3 Å². The Hall–Kier alpha value is -1.79. The number of benzene rings is 1. The molecule has 1 aliphatic carbocycles. The van der Waals surface area contributed by atoms with Crippen LogP contribution in [0.25, 0.3) is 0 Å². The van der Waals surface area contributed by atoms with Gasteiger partial charge in [0.25, 0.3) is 0 Å². The topological polar surface area (TPSA) is 64.9 Å². The molecule has 2 heterocycles. The fourth-order valence-corrected chi connectivity index (χ4v) is 3.53. The van der Waals surface area contributed by atoms with Crippen LogP contribution in [0.4, 0.5) is 0 Å². The number of nitrogens with zero attached hydrogens (tertiary/aromatic N) is 4. The summed E-state index contributed by atoms with van der Waals surface area (Å²) in [7, 11) is 0. The van der Waals surface area contributed by atoms with E-state index in [2.05, 4.69) is 58.1 Å². The molecule has 1 saturated carbocycles. The number of hydrogen-bond donors (Lipinski definition) is 1. The van der Waals surface area contributed by atoms with Crippen LogP contribution in [0.1, 0.15) is 62.1 Å². The lowest BCUT2D eigenvalue weighted by Gasteiger charge is -2.25. The van der Waals surface area contributed by atoms with Gasteiger partial charge in [-0.15, -0.1) is 5.10 Å². The Morgan fingerprint density at radius 3 is 2.79 bits per heavy atom. The van der Waals surface area contributed by atoms with Crippen molar-refractivity contribution in [3.05, 3.63) is 41.7 Å². The molecule has 1 saturated heterocycles. The van der Waals surface area contributed by atoms with Crippen LogP contribution in [0.2, 0.25) is 0 Å². The summed E-state index contributed by atoms with van der Waals surface area (Å²) in [6, 6.07) is 11.6. The smallest absolute Gasteiger partial charge is 0.168 e. The summed E-state index contributed by atoms with van der Waals surface area (Å²) >= 11 is 0. The molecule has 2 fully saturated rings. The van der Waals surface area contributed by atoms with Crippen LogP contribution in [0.5, 0.6) is 0 Å². The van der Waals surface area contributed by atoms with Crippen molar-refractivity contribution in [1.29, 1.82) is 0 Å². The zero-order valence-electron chi connectivity index (χ0n) is 14.1. The average Bonchev–Trinajstić information content (AvgIpc) is 3.11. The Balaban J connectivity index is 1.50. The van der Waals surface area contributed by atoms with E-state index in [1.54, 1.807) is 0 Å². The predicted octanol–water partition coefficient (Wildman–Crippen LogP) is 2.83. The normalized spacial score (nSPS) is 23.3. The SMILES string of the molecule is C[C@H](N[C@@H](C[C@H]1CCOC1)c1ccccc1)c1nnnn1C1CC1. The van der Waals surface area contributed by atoms with Gasteiger partial charge < -0.3 is 10.1 Å². The van der Waals surface area contributed by atoms with Gasteiger partial charge in [0.15, 0.2) is 5.82 Å². The standard InChI is InChI=1S/C18H25N5O/c1-13(18-20-21-22-23(18)16-7-8-16)19-17(11-14-9-10-24-12-14)15-5-3-2-4-6-15/h2-6,13-14,16-17,19H,7-12H2,1H3/t13-,14+,17-/m0/s1. The molecule has 3 atom stereocenters. The van der Waals surface area contributed by atoms with E-state index < -0.39 is 0 Å². The highest BCUT2D eigenvalue weighted by Crippen LogP contribution is 2.36. The molecule has 0 amide bonds. The van der Waals surface area contributed by atoms with Gasteiger partial charge in [0, 0.05) is 19.3 Å². The van der Waals surface area contributed by atoms with E-state index >= 15 is 0 Å². The lowest BCUT2D eigenvalue weighted by atomic mass is 9.93. The van der Waals surface area contributed by atoms with Crippen molar-refractivity contribution in [2.75, 3.05) is 13.2 Å². The first kappa shape index (κ1) is 15.7. The summed E-state index contributed by atoms with van der Waals surface area (Å²) < 4.78 is 7.56. The molecule has 2 aliphatic rings. The van der Waals surface area contributed by atoms with Crippen molar-refractivity contribution in [1.82, 2.24) is 25.5 Å². The van der Waals surface area contributed by atoms with E-state index in [0.717, 1.165) is 31.9 Å². The van der Waals surface area contributed by atoms with E-state index in [9.17, 15) is 0 Å². The third-order valence-electron chi connectivity index (χ3n) is 5.04. The minimum atomic E-state index is 0.119. The molecule has 0 radical (unpaired) electrons. The van der Waals surface area contributed by atoms with Gasteiger partial charge in [-0.3, -0.25) is 0 Å². The van der Waals surface area contributed by atoms with E-state index in [1.807, 2.05) is 4.68 Å². The second kappa shape index (κ2) is 6.99. The number of tetrazole rings is 1. The first-order valence-corrected chi connectivity index (χ1v) is 8.97. The van der Waals surface area contributed by atoms with Crippen LogP contribution in [0.3, 0.4) is 0 Å². The first-order valence-electron chi connectivity index (χ1n) is 8.97. The second-order valence-electron chi connectivity index (χ2n) is 7.03. The summed E-state index contributed by atoms with van der Waals surface area (Å²) in [5, 5.41) is 16.1. The van der Waals surface area contributed by atoms with Crippen molar-refractivity contribution >= 4 is 0 Å². The van der Waals surface area contributed by atoms with E-state index in [1.165, 1.54) is 18.4 Å². The Morgan fingerprint density at radius 1 is 1.25 bits per heavy atom. The van der Waals surface area contributed by atoms with Gasteiger partial charge in [-0.05, 0) is 54.5 Å². The first-order chi connectivity index (χ1) is 11.8. The van der Waals surface area contributed by atoms with Crippen molar-refractivity contribution in [2.45, 2.75) is 50.7 Å². The van der Waals surface area contributed by atoms with Crippen LogP contribution in [0, 0.1) is 5.92 Å². The van der Waals surface area contributed by atoms with Gasteiger partial charge in [-0.1, -0.05) is 30.3 Å². The number of ether oxygens (including phenoxy) is 1. The maximum Gasteiger partial charge on any atom is 0.168 e. The fourth-order valence-electron chi connectivity index (χ4n) is 3.53. The zero-order chi connectivity index (χ0) is 16.4. The molecular formula is C18H25N5O. The zero-order valence-corrected chi connectivity index (χ0v) is 14.1. The molecule has 2 aromatic rings. The number of hydrogen-bond acceptors (Lipinski definition) is 5. The molecule has 128 valence electrons. The lowest BCUT2D eigenvalue weighted by Crippen LogP contribution is -2.29. The maximum absolute atomic E-state index is 5.57. The molecule has 1 aliphatic heterocycles. The summed E-state index contributed by atoms with van der Waals surface area (Å²) in [4.78, 5) is 0. The molecule has 1 N–H and O–H groups in total. The monoisotopic (exact) mass is 327 g/mol. The molecule has 6 nitrogen and oxygen atoms in total. The number of rotatable bonds is 7. The molecule has 1 aromatic carbocycles. The van der Waals surface area contributed by atoms with Crippen LogP contribution in [-0.4, -0.2) is 33.4 Å². The van der Waals surface area contributed by atoms with Gasteiger partial charge in [0.1, 0.15) is 0 Å². The van der Waals surface area contributed by atoms with Crippen molar-refractivity contribution in [2.24, 2.45) is 5.92 Å². The van der Waals surface area contributed by atoms with Crippen LogP contribution in [-0.2, 0) is 4.74 Å². The number of aromatic nitrogens is 4. The van der Waals surface area contributed by atoms with E-state index in [-0.39, 0.29) is 12.1 Å². The molecule has 0 unspecified atom stereocenters. The van der Waals surface area contributed by atoms with Crippen LogP contribution < -0.4 is 5.32 Å². The van der Waals surface area contributed by atoms with Gasteiger partial charge in [-0.25, -0.2) is 4.68 Å². The molecule has 4 rings (SSSR count). The minimum Gasteiger partial charge on any atom is -0.381 e. The molecule has 0 spiro atoms. The van der Waals surface area contributed by atoms with E-state index in [0.29, 0.717) is 12.0 Å². The summed E-state index contributed by atoms with van der Waals surface area (Å²) in [6.07, 6.45) is 4.61. The van der Waals surface area contributed by atoms with Gasteiger partial charge >= 0.3 is 0 Å². The predicted molar refractivity (Wildman–Crippen MR) is 90.4 cm³/mol. The largest absolute Gasteiger partial charge is 0.381 e. The summed E-state index contributed by atoms with van der Waals surface area (Å²) in [5.74, 6) is 1.57. The fraction of sp³-hybridized carbons (Fsp3) is 0.611. The maximum atomic E-state index is 5.57. The van der Waals surface area contributed by atoms with Gasteiger partial charge in [-0.2, -0.15) is 0 Å². The van der Waals surface area contributed by atoms with E-state index in [4.69, 9.17) is 4.74 Å². The van der Waals surface area contributed by atoms with Gasteiger partial charge in [0.05, 0.1) is 12.1 Å². The quantitative estimate of drug-likeness (QED) is 0.847. The molecule has 0 bridgehead atoms. The average molecular weight is 327 g/mol. The Bertz CT molecular complexity index is 648.